The molecule has 0 radical (unpaired) electrons. The highest BCUT2D eigenvalue weighted by Crippen LogP contribution is 2.34. The first-order valence-corrected chi connectivity index (χ1v) is 11.9. The summed E-state index contributed by atoms with van der Waals surface area (Å²) in [6.07, 6.45) is -2.07. The lowest BCUT2D eigenvalue weighted by Crippen LogP contribution is -2.43. The number of nitrogens with one attached hydrogen (secondary N) is 4. The van der Waals surface area contributed by atoms with Gasteiger partial charge in [0.25, 0.3) is 0 Å². The van der Waals surface area contributed by atoms with Gasteiger partial charge >= 0.3 is 6.18 Å². The first-order valence-electron chi connectivity index (χ1n) is 11.9. The van der Waals surface area contributed by atoms with Crippen LogP contribution in [0.3, 0.4) is 0 Å². The second-order valence-electron chi connectivity index (χ2n) is 8.83. The second-order valence-corrected chi connectivity index (χ2v) is 8.83. The van der Waals surface area contributed by atoms with Gasteiger partial charge in [-0.3, -0.25) is 9.69 Å². The lowest BCUT2D eigenvalue weighted by atomic mass is 10.0. The van der Waals surface area contributed by atoms with Crippen LogP contribution in [0, 0.1) is 11.2 Å². The van der Waals surface area contributed by atoms with E-state index in [-0.39, 0.29) is 35.8 Å². The van der Waals surface area contributed by atoms with E-state index in [2.05, 4.69) is 20.9 Å². The van der Waals surface area contributed by atoms with E-state index in [4.69, 9.17) is 11.1 Å². The lowest BCUT2D eigenvalue weighted by Gasteiger charge is -2.28. The molecule has 38 heavy (non-hydrogen) atoms. The van der Waals surface area contributed by atoms with Crippen molar-refractivity contribution in [1.82, 2.24) is 15.2 Å². The number of amides is 1. The molecule has 0 unspecified atom stereocenters. The minimum absolute atomic E-state index is 0.00172. The fraction of sp³-hybridized carbons (Fsp3) is 0.269. The maximum Gasteiger partial charge on any atom is 0.416 e. The normalized spacial score (nSPS) is 14.2. The quantitative estimate of drug-likeness (QED) is 0.223. The molecule has 0 spiro atoms. The Bertz CT molecular complexity index is 1320. The third kappa shape index (κ3) is 6.64. The predicted molar refractivity (Wildman–Crippen MR) is 139 cm³/mol. The molecule has 1 amide bonds. The zero-order valence-corrected chi connectivity index (χ0v) is 20.3. The van der Waals surface area contributed by atoms with Crippen LogP contribution in [-0.2, 0) is 17.5 Å². The Kier molecular flexibility index (Phi) is 8.23. The highest BCUT2D eigenvalue weighted by molar-refractivity contribution is 5.94. The van der Waals surface area contributed by atoms with Crippen LogP contribution in [0.25, 0.3) is 11.1 Å². The van der Waals surface area contributed by atoms with E-state index in [1.807, 2.05) is 4.90 Å². The molecule has 3 aromatic rings. The number of hydrogen-bond acceptors (Lipinski definition) is 7. The van der Waals surface area contributed by atoms with Crippen molar-refractivity contribution in [3.05, 3.63) is 71.2 Å². The predicted octanol–water partition coefficient (Wildman–Crippen LogP) is 3.94. The number of anilines is 3. The van der Waals surface area contributed by atoms with Crippen molar-refractivity contribution in [2.24, 2.45) is 0 Å². The number of benzene rings is 2. The Morgan fingerprint density at radius 3 is 2.58 bits per heavy atom. The number of nitrogen functional groups attached to an aromatic ring is 1. The van der Waals surface area contributed by atoms with Gasteiger partial charge in [-0.15, -0.1) is 0 Å². The molecule has 0 atom stereocenters. The molecule has 1 saturated heterocycles. The number of nitrogens with two attached hydrogens (primary N) is 1. The third-order valence-corrected chi connectivity index (χ3v) is 6.15. The summed E-state index contributed by atoms with van der Waals surface area (Å²) in [5, 5.41) is 15.6. The fourth-order valence-electron chi connectivity index (χ4n) is 4.15. The maximum absolute atomic E-state index is 14.7. The van der Waals surface area contributed by atoms with E-state index in [1.165, 1.54) is 30.5 Å². The van der Waals surface area contributed by atoms with Crippen LogP contribution in [0.1, 0.15) is 16.7 Å². The van der Waals surface area contributed by atoms with Crippen LogP contribution in [-0.4, -0.2) is 54.7 Å². The van der Waals surface area contributed by atoms with Crippen molar-refractivity contribution in [2.45, 2.75) is 12.7 Å². The molecular weight excluding hydrogens is 502 g/mol. The number of pyridine rings is 1. The molecule has 0 bridgehead atoms. The van der Waals surface area contributed by atoms with E-state index in [0.29, 0.717) is 29.8 Å². The molecule has 0 aliphatic carbocycles. The van der Waals surface area contributed by atoms with Crippen molar-refractivity contribution in [1.29, 1.82) is 5.41 Å². The molecule has 200 valence electrons. The molecule has 1 fully saturated rings. The molecule has 1 aliphatic rings. The van der Waals surface area contributed by atoms with Gasteiger partial charge in [0.05, 0.1) is 17.8 Å². The summed E-state index contributed by atoms with van der Waals surface area (Å²) in [5.41, 5.74) is 6.52. The molecule has 6 N–H and O–H groups in total. The Morgan fingerprint density at radius 2 is 1.89 bits per heavy atom. The van der Waals surface area contributed by atoms with E-state index >= 15 is 0 Å². The zero-order valence-electron chi connectivity index (χ0n) is 20.3. The van der Waals surface area contributed by atoms with Gasteiger partial charge in [0.1, 0.15) is 11.6 Å². The summed E-state index contributed by atoms with van der Waals surface area (Å²) in [7, 11) is 0. The van der Waals surface area contributed by atoms with E-state index < -0.39 is 23.5 Å². The van der Waals surface area contributed by atoms with Gasteiger partial charge in [0.15, 0.2) is 0 Å². The van der Waals surface area contributed by atoms with Gasteiger partial charge < -0.3 is 27.1 Å². The SMILES string of the molecule is N=Cc1cc(-c2ccc(NCC(=O)Nc3ccc(CN4CCNCC4)c(C(F)(F)F)c3)c(F)c2)cnc1N. The second kappa shape index (κ2) is 11.6. The minimum Gasteiger partial charge on any atom is -0.383 e. The number of rotatable bonds is 8. The van der Waals surface area contributed by atoms with E-state index in [0.717, 1.165) is 25.4 Å². The van der Waals surface area contributed by atoms with Crippen molar-refractivity contribution in [2.75, 3.05) is 49.1 Å². The number of carbonyl (C=O) groups is 1. The van der Waals surface area contributed by atoms with Crippen LogP contribution in [0.4, 0.5) is 34.8 Å². The molecule has 4 rings (SSSR count). The van der Waals surface area contributed by atoms with Gasteiger partial charge in [0.2, 0.25) is 5.91 Å². The van der Waals surface area contributed by atoms with Crippen LogP contribution in [0.15, 0.2) is 48.7 Å². The van der Waals surface area contributed by atoms with Gasteiger partial charge in [0, 0.05) is 61.9 Å². The van der Waals surface area contributed by atoms with Gasteiger partial charge in [-0.2, -0.15) is 13.2 Å². The van der Waals surface area contributed by atoms with Gasteiger partial charge in [-0.1, -0.05) is 12.1 Å². The summed E-state index contributed by atoms with van der Waals surface area (Å²) >= 11 is 0. The van der Waals surface area contributed by atoms with Crippen molar-refractivity contribution < 1.29 is 22.4 Å². The largest absolute Gasteiger partial charge is 0.416 e. The van der Waals surface area contributed by atoms with Crippen molar-refractivity contribution in [3.8, 4) is 11.1 Å². The van der Waals surface area contributed by atoms with Crippen LogP contribution in [0.5, 0.6) is 0 Å². The average Bonchev–Trinajstić information content (AvgIpc) is 2.89. The molecule has 1 aliphatic heterocycles. The average molecular weight is 530 g/mol. The Balaban J connectivity index is 1.40. The molecule has 0 saturated carbocycles. The van der Waals surface area contributed by atoms with Gasteiger partial charge in [-0.05, 0) is 41.5 Å². The highest BCUT2D eigenvalue weighted by Gasteiger charge is 2.34. The van der Waals surface area contributed by atoms with Gasteiger partial charge in [-0.25, -0.2) is 9.37 Å². The molecule has 12 heteroatoms. The smallest absolute Gasteiger partial charge is 0.383 e. The Hall–Kier alpha value is -4.03. The minimum atomic E-state index is -4.58. The number of nitrogens with zero attached hydrogens (tertiary/aromatic N) is 2. The number of aromatic nitrogens is 1. The summed E-state index contributed by atoms with van der Waals surface area (Å²) in [4.78, 5) is 18.4. The Morgan fingerprint density at radius 1 is 1.13 bits per heavy atom. The molecule has 8 nitrogen and oxygen atoms in total. The zero-order chi connectivity index (χ0) is 27.3. The molecule has 2 heterocycles. The lowest BCUT2D eigenvalue weighted by molar-refractivity contribution is -0.138. The van der Waals surface area contributed by atoms with Crippen LogP contribution in [0.2, 0.25) is 0 Å². The summed E-state index contributed by atoms with van der Waals surface area (Å²) in [5.74, 6) is -1.08. The third-order valence-electron chi connectivity index (χ3n) is 6.15. The highest BCUT2D eigenvalue weighted by atomic mass is 19.4. The number of carbonyl (C=O) groups excluding carboxylic acids is 1. The molecule has 2 aromatic carbocycles. The topological polar surface area (TPSA) is 119 Å². The number of halogens is 4. The van der Waals surface area contributed by atoms with Crippen LogP contribution >= 0.6 is 0 Å². The number of alkyl halides is 3. The summed E-state index contributed by atoms with van der Waals surface area (Å²) < 4.78 is 55.9. The first-order chi connectivity index (χ1) is 18.1. The van der Waals surface area contributed by atoms with Crippen molar-refractivity contribution in [3.63, 3.8) is 0 Å². The van der Waals surface area contributed by atoms with Crippen LogP contribution < -0.4 is 21.7 Å². The summed E-state index contributed by atoms with van der Waals surface area (Å²) in [6, 6.07) is 9.63. The Labute approximate surface area is 216 Å². The monoisotopic (exact) mass is 529 g/mol. The fourth-order valence-corrected chi connectivity index (χ4v) is 4.15. The number of piperazine rings is 1. The summed E-state index contributed by atoms with van der Waals surface area (Å²) in [6.45, 7) is 2.55. The maximum atomic E-state index is 14.7. The van der Waals surface area contributed by atoms with E-state index in [9.17, 15) is 22.4 Å². The first kappa shape index (κ1) is 27.0. The number of hydrogen-bond donors (Lipinski definition) is 5. The molecule has 1 aromatic heterocycles. The molecular formula is C26H27F4N7O. The van der Waals surface area contributed by atoms with E-state index in [1.54, 1.807) is 12.1 Å². The standard InChI is InChI=1S/C26H27F4N7O/c27-22-10-16(19-9-18(12-31)25(32)35-13-19)2-4-23(22)34-14-24(38)36-20-3-1-17(21(11-20)26(28,29)30)15-37-7-5-33-6-8-37/h1-4,9-13,31,33-34H,5-8,14-15H2,(H2,32,35)(H,36,38). The van der Waals surface area contributed by atoms with Crippen molar-refractivity contribution >= 4 is 29.3 Å².